The van der Waals surface area contributed by atoms with Crippen molar-refractivity contribution >= 4 is 11.4 Å². The molecule has 0 aliphatic carbocycles. The highest BCUT2D eigenvalue weighted by Crippen LogP contribution is 2.30. The number of benzene rings is 1. The van der Waals surface area contributed by atoms with E-state index in [9.17, 15) is 13.2 Å². The van der Waals surface area contributed by atoms with Crippen molar-refractivity contribution in [3.05, 3.63) is 23.8 Å². The second-order valence-electron chi connectivity index (χ2n) is 5.21. The molecule has 2 rings (SSSR count). The quantitative estimate of drug-likeness (QED) is 0.899. The van der Waals surface area contributed by atoms with Crippen LogP contribution < -0.4 is 10.2 Å². The molecular weight excluding hydrogens is 253 g/mol. The van der Waals surface area contributed by atoms with Crippen molar-refractivity contribution in [1.82, 2.24) is 0 Å². The number of anilines is 2. The number of halogens is 3. The number of alkyl halides is 3. The van der Waals surface area contributed by atoms with Crippen LogP contribution in [0.5, 0.6) is 0 Å². The standard InChI is InChI=1S/C14H19F3N2/c1-10(2)19(9-14(15,16)17)12-5-6-13-11(8-12)4-3-7-18-13/h5-6,8,10,18H,3-4,7,9H2,1-2H3. The topological polar surface area (TPSA) is 15.3 Å². The van der Waals surface area contributed by atoms with E-state index in [1.807, 2.05) is 12.1 Å². The summed E-state index contributed by atoms with van der Waals surface area (Å²) in [5.41, 5.74) is 2.80. The molecule has 1 aromatic carbocycles. The normalized spacial score (nSPS) is 15.1. The average Bonchev–Trinajstić information content (AvgIpc) is 2.34. The van der Waals surface area contributed by atoms with E-state index >= 15 is 0 Å². The van der Waals surface area contributed by atoms with Crippen LogP contribution in [0.1, 0.15) is 25.8 Å². The zero-order chi connectivity index (χ0) is 14.0. The Balaban J connectivity index is 2.26. The van der Waals surface area contributed by atoms with Gasteiger partial charge in [-0.2, -0.15) is 13.2 Å². The van der Waals surface area contributed by atoms with Gasteiger partial charge < -0.3 is 10.2 Å². The molecule has 0 radical (unpaired) electrons. The number of fused-ring (bicyclic) bond motifs is 1. The van der Waals surface area contributed by atoms with Gasteiger partial charge in [-0.15, -0.1) is 0 Å². The zero-order valence-electron chi connectivity index (χ0n) is 11.2. The van der Waals surface area contributed by atoms with Crippen molar-refractivity contribution < 1.29 is 13.2 Å². The monoisotopic (exact) mass is 272 g/mol. The summed E-state index contributed by atoms with van der Waals surface area (Å²) in [6, 6.07) is 5.35. The van der Waals surface area contributed by atoms with Crippen LogP contribution in [0.15, 0.2) is 18.2 Å². The molecule has 0 fully saturated rings. The molecule has 1 heterocycles. The Kier molecular flexibility index (Phi) is 3.92. The van der Waals surface area contributed by atoms with Crippen LogP contribution in [0, 0.1) is 0 Å². The van der Waals surface area contributed by atoms with Gasteiger partial charge in [-0.05, 0) is 50.5 Å². The zero-order valence-corrected chi connectivity index (χ0v) is 11.2. The van der Waals surface area contributed by atoms with Crippen molar-refractivity contribution in [2.75, 3.05) is 23.3 Å². The van der Waals surface area contributed by atoms with Gasteiger partial charge in [-0.3, -0.25) is 0 Å². The molecule has 2 nitrogen and oxygen atoms in total. The molecule has 1 aliphatic rings. The fourth-order valence-electron chi connectivity index (χ4n) is 2.41. The van der Waals surface area contributed by atoms with E-state index in [1.165, 1.54) is 4.90 Å². The molecule has 1 aromatic rings. The maximum atomic E-state index is 12.6. The lowest BCUT2D eigenvalue weighted by Crippen LogP contribution is -2.39. The molecule has 106 valence electrons. The van der Waals surface area contributed by atoms with Crippen molar-refractivity contribution in [2.24, 2.45) is 0 Å². The Hall–Kier alpha value is -1.39. The van der Waals surface area contributed by atoms with Gasteiger partial charge >= 0.3 is 6.18 Å². The predicted octanol–water partition coefficient (Wildman–Crippen LogP) is 3.82. The number of nitrogens with one attached hydrogen (secondary N) is 1. The van der Waals surface area contributed by atoms with Crippen LogP contribution in [-0.2, 0) is 6.42 Å². The molecule has 1 aliphatic heterocycles. The molecule has 0 aromatic heterocycles. The van der Waals surface area contributed by atoms with Crippen LogP contribution in [0.25, 0.3) is 0 Å². The average molecular weight is 272 g/mol. The minimum absolute atomic E-state index is 0.184. The number of hydrogen-bond acceptors (Lipinski definition) is 2. The SMILES string of the molecule is CC(C)N(CC(F)(F)F)c1ccc2c(c1)CCCN2. The lowest BCUT2D eigenvalue weighted by molar-refractivity contribution is -0.120. The number of hydrogen-bond donors (Lipinski definition) is 1. The first kappa shape index (κ1) is 14.0. The number of aryl methyl sites for hydroxylation is 1. The van der Waals surface area contributed by atoms with Crippen molar-refractivity contribution in [3.8, 4) is 0 Å². The smallest absolute Gasteiger partial charge is 0.385 e. The molecule has 0 unspecified atom stereocenters. The molecule has 5 heteroatoms. The third-order valence-electron chi connectivity index (χ3n) is 3.33. The highest BCUT2D eigenvalue weighted by Gasteiger charge is 2.32. The molecule has 19 heavy (non-hydrogen) atoms. The Labute approximate surface area is 111 Å². The Morgan fingerprint density at radius 2 is 2.05 bits per heavy atom. The van der Waals surface area contributed by atoms with E-state index in [1.54, 1.807) is 19.9 Å². The van der Waals surface area contributed by atoms with Crippen molar-refractivity contribution in [3.63, 3.8) is 0 Å². The third kappa shape index (κ3) is 3.55. The van der Waals surface area contributed by atoms with E-state index in [0.29, 0.717) is 5.69 Å². The summed E-state index contributed by atoms with van der Waals surface area (Å²) in [6.07, 6.45) is -2.23. The van der Waals surface area contributed by atoms with Gasteiger partial charge in [0, 0.05) is 24.0 Å². The molecule has 0 bridgehead atoms. The first-order chi connectivity index (χ1) is 8.87. The van der Waals surface area contributed by atoms with Gasteiger partial charge in [-0.1, -0.05) is 0 Å². The summed E-state index contributed by atoms with van der Waals surface area (Å²) in [5.74, 6) is 0. The van der Waals surface area contributed by atoms with E-state index in [-0.39, 0.29) is 6.04 Å². The fourth-order valence-corrected chi connectivity index (χ4v) is 2.41. The van der Waals surface area contributed by atoms with Crippen LogP contribution in [-0.4, -0.2) is 25.3 Å². The minimum atomic E-state index is -4.18. The first-order valence-electron chi connectivity index (χ1n) is 6.57. The summed E-state index contributed by atoms with van der Waals surface area (Å²) in [6.45, 7) is 3.59. The predicted molar refractivity (Wildman–Crippen MR) is 71.8 cm³/mol. The van der Waals surface area contributed by atoms with E-state index in [4.69, 9.17) is 0 Å². The summed E-state index contributed by atoms with van der Waals surface area (Å²) in [5, 5.41) is 3.27. The van der Waals surface area contributed by atoms with E-state index in [0.717, 1.165) is 30.6 Å². The first-order valence-corrected chi connectivity index (χ1v) is 6.57. The molecule has 0 saturated heterocycles. The van der Waals surface area contributed by atoms with Gasteiger partial charge in [0.15, 0.2) is 0 Å². The van der Waals surface area contributed by atoms with Crippen LogP contribution in [0.2, 0.25) is 0 Å². The molecule has 0 spiro atoms. The van der Waals surface area contributed by atoms with Crippen molar-refractivity contribution in [2.45, 2.75) is 38.9 Å². The maximum absolute atomic E-state index is 12.6. The minimum Gasteiger partial charge on any atom is -0.385 e. The largest absolute Gasteiger partial charge is 0.405 e. The molecular formula is C14H19F3N2. The number of rotatable bonds is 3. The highest BCUT2D eigenvalue weighted by molar-refractivity contribution is 5.62. The van der Waals surface area contributed by atoms with Crippen LogP contribution in [0.3, 0.4) is 0 Å². The molecule has 0 atom stereocenters. The van der Waals surface area contributed by atoms with Crippen LogP contribution in [0.4, 0.5) is 24.5 Å². The summed E-state index contributed by atoms with van der Waals surface area (Å²) in [7, 11) is 0. The Morgan fingerprint density at radius 1 is 1.32 bits per heavy atom. The summed E-state index contributed by atoms with van der Waals surface area (Å²) >= 11 is 0. The van der Waals surface area contributed by atoms with Crippen LogP contribution >= 0.6 is 0 Å². The fraction of sp³-hybridized carbons (Fsp3) is 0.571. The summed E-state index contributed by atoms with van der Waals surface area (Å²) in [4.78, 5) is 1.40. The van der Waals surface area contributed by atoms with Gasteiger partial charge in [0.2, 0.25) is 0 Å². The van der Waals surface area contributed by atoms with E-state index < -0.39 is 12.7 Å². The maximum Gasteiger partial charge on any atom is 0.405 e. The number of nitrogens with zero attached hydrogens (tertiary/aromatic N) is 1. The highest BCUT2D eigenvalue weighted by atomic mass is 19.4. The van der Waals surface area contributed by atoms with E-state index in [2.05, 4.69) is 5.32 Å². The molecule has 0 saturated carbocycles. The Bertz CT molecular complexity index is 441. The lowest BCUT2D eigenvalue weighted by Gasteiger charge is -2.31. The Morgan fingerprint density at radius 3 is 2.68 bits per heavy atom. The van der Waals surface area contributed by atoms with Gasteiger partial charge in [-0.25, -0.2) is 0 Å². The third-order valence-corrected chi connectivity index (χ3v) is 3.33. The summed E-state index contributed by atoms with van der Waals surface area (Å²) < 4.78 is 37.9. The molecule has 0 amide bonds. The van der Waals surface area contributed by atoms with Gasteiger partial charge in [0.25, 0.3) is 0 Å². The lowest BCUT2D eigenvalue weighted by atomic mass is 10.0. The molecule has 1 N–H and O–H groups in total. The second kappa shape index (κ2) is 5.31. The second-order valence-corrected chi connectivity index (χ2v) is 5.21. The van der Waals surface area contributed by atoms with Gasteiger partial charge in [0.1, 0.15) is 6.54 Å². The van der Waals surface area contributed by atoms with Gasteiger partial charge in [0.05, 0.1) is 0 Å². The van der Waals surface area contributed by atoms with Crippen molar-refractivity contribution in [1.29, 1.82) is 0 Å².